The van der Waals surface area contributed by atoms with Gasteiger partial charge in [0.1, 0.15) is 6.34 Å². The lowest BCUT2D eigenvalue weighted by atomic mass is 9.94. The third-order valence-corrected chi connectivity index (χ3v) is 2.96. The van der Waals surface area contributed by atoms with E-state index in [0.29, 0.717) is 11.4 Å². The molecule has 2 N–H and O–H groups in total. The molecule has 0 radical (unpaired) electrons. The molecule has 82 valence electrons. The van der Waals surface area contributed by atoms with Gasteiger partial charge in [-0.3, -0.25) is 15.6 Å². The second kappa shape index (κ2) is 3.59. The van der Waals surface area contributed by atoms with Crippen molar-refractivity contribution in [1.29, 1.82) is 0 Å². The molecule has 3 rings (SSSR count). The highest BCUT2D eigenvalue weighted by atomic mass is 16.2. The number of aryl methyl sites for hydroxylation is 2. The number of hydrogen-bond acceptors (Lipinski definition) is 4. The summed E-state index contributed by atoms with van der Waals surface area (Å²) in [6.45, 7) is 0. The molecule has 0 spiro atoms. The van der Waals surface area contributed by atoms with Crippen molar-refractivity contribution < 1.29 is 4.79 Å². The molecule has 0 aromatic carbocycles. The first-order valence-electron chi connectivity index (χ1n) is 5.46. The highest BCUT2D eigenvalue weighted by Gasteiger charge is 2.19. The molecule has 0 atom stereocenters. The van der Waals surface area contributed by atoms with Crippen LogP contribution in [0.3, 0.4) is 0 Å². The molecule has 1 aromatic heterocycles. The number of hydrazine groups is 1. The van der Waals surface area contributed by atoms with Crippen molar-refractivity contribution in [3.05, 3.63) is 22.9 Å². The van der Waals surface area contributed by atoms with Gasteiger partial charge in [0.05, 0.1) is 5.56 Å². The lowest BCUT2D eigenvalue weighted by molar-refractivity contribution is 0.0946. The van der Waals surface area contributed by atoms with Crippen molar-refractivity contribution in [2.45, 2.75) is 25.7 Å². The van der Waals surface area contributed by atoms with E-state index in [1.807, 2.05) is 6.07 Å². The molecule has 1 aliphatic heterocycles. The van der Waals surface area contributed by atoms with Gasteiger partial charge in [0.15, 0.2) is 5.82 Å². The van der Waals surface area contributed by atoms with E-state index in [1.165, 1.54) is 24.7 Å². The molecule has 0 saturated carbocycles. The fraction of sp³-hybridized carbons (Fsp3) is 0.364. The molecule has 1 aliphatic carbocycles. The van der Waals surface area contributed by atoms with Crippen molar-refractivity contribution in [2.24, 2.45) is 4.99 Å². The zero-order valence-electron chi connectivity index (χ0n) is 8.79. The highest BCUT2D eigenvalue weighted by molar-refractivity contribution is 6.00. The zero-order valence-corrected chi connectivity index (χ0v) is 8.79. The maximum absolute atomic E-state index is 11.7. The third-order valence-electron chi connectivity index (χ3n) is 2.96. The first kappa shape index (κ1) is 9.33. The molecule has 0 unspecified atom stereocenters. The molecule has 0 bridgehead atoms. The van der Waals surface area contributed by atoms with Crippen LogP contribution in [0.2, 0.25) is 0 Å². The molecule has 5 heteroatoms. The van der Waals surface area contributed by atoms with Crippen LogP contribution < -0.4 is 10.9 Å². The van der Waals surface area contributed by atoms with Crippen LogP contribution in [0.15, 0.2) is 11.1 Å². The molecule has 1 aromatic rings. The summed E-state index contributed by atoms with van der Waals surface area (Å²) in [6, 6.07) is 1.93. The number of nitrogens with zero attached hydrogens (tertiary/aromatic N) is 2. The van der Waals surface area contributed by atoms with E-state index < -0.39 is 0 Å². The molecule has 1 amide bonds. The summed E-state index contributed by atoms with van der Waals surface area (Å²) in [5.41, 5.74) is 7.98. The van der Waals surface area contributed by atoms with E-state index in [2.05, 4.69) is 20.8 Å². The third kappa shape index (κ3) is 1.44. The van der Waals surface area contributed by atoms with Crippen LogP contribution in [-0.4, -0.2) is 17.2 Å². The van der Waals surface area contributed by atoms with E-state index >= 15 is 0 Å². The maximum atomic E-state index is 11.7. The highest BCUT2D eigenvalue weighted by Crippen LogP contribution is 2.26. The van der Waals surface area contributed by atoms with E-state index in [1.54, 1.807) is 0 Å². The Bertz CT molecular complexity index is 481. The number of pyridine rings is 1. The predicted octanol–water partition coefficient (Wildman–Crippen LogP) is 0.868. The largest absolute Gasteiger partial charge is 0.288 e. The predicted molar refractivity (Wildman–Crippen MR) is 59.6 cm³/mol. The molecule has 0 fully saturated rings. The van der Waals surface area contributed by atoms with Gasteiger partial charge in [0.25, 0.3) is 5.91 Å². The van der Waals surface area contributed by atoms with Crippen LogP contribution in [0.25, 0.3) is 0 Å². The summed E-state index contributed by atoms with van der Waals surface area (Å²) < 4.78 is 0. The first-order chi connectivity index (χ1) is 7.84. The van der Waals surface area contributed by atoms with Crippen LogP contribution in [0.5, 0.6) is 0 Å². The minimum Gasteiger partial charge on any atom is -0.288 e. The Kier molecular flexibility index (Phi) is 2.09. The zero-order chi connectivity index (χ0) is 11.0. The van der Waals surface area contributed by atoms with Crippen LogP contribution in [0.4, 0.5) is 5.82 Å². The van der Waals surface area contributed by atoms with Gasteiger partial charge < -0.3 is 0 Å². The normalized spacial score (nSPS) is 17.9. The van der Waals surface area contributed by atoms with Gasteiger partial charge in [0, 0.05) is 5.69 Å². The maximum Gasteiger partial charge on any atom is 0.273 e. The standard InChI is InChI=1S/C11H12N4O/c16-11-8-5-7-3-1-2-4-9(7)14-10(8)12-6-13-15-11/h5-6H,1-4H2,(H,15,16)(H,12,13,14). The van der Waals surface area contributed by atoms with Gasteiger partial charge in [0.2, 0.25) is 0 Å². The van der Waals surface area contributed by atoms with Gasteiger partial charge in [-0.1, -0.05) is 0 Å². The lowest BCUT2D eigenvalue weighted by Gasteiger charge is -2.15. The molecule has 2 heterocycles. The fourth-order valence-electron chi connectivity index (χ4n) is 2.15. The number of rotatable bonds is 0. The molecular formula is C11H12N4O. The summed E-state index contributed by atoms with van der Waals surface area (Å²) in [4.78, 5) is 20.3. The Morgan fingerprint density at radius 2 is 2.12 bits per heavy atom. The average molecular weight is 216 g/mol. The van der Waals surface area contributed by atoms with E-state index in [0.717, 1.165) is 18.5 Å². The second-order valence-electron chi connectivity index (χ2n) is 4.03. The molecule has 2 aliphatic rings. The quantitative estimate of drug-likeness (QED) is 0.676. The Balaban J connectivity index is 2.15. The molecule has 0 saturated heterocycles. The summed E-state index contributed by atoms with van der Waals surface area (Å²) in [5, 5.41) is 0. The topological polar surface area (TPSA) is 66.4 Å². The van der Waals surface area contributed by atoms with Gasteiger partial charge >= 0.3 is 0 Å². The number of amides is 1. The number of hydrogen-bond donors (Lipinski definition) is 2. The lowest BCUT2D eigenvalue weighted by Crippen LogP contribution is -2.35. The molecular weight excluding hydrogens is 204 g/mol. The smallest absolute Gasteiger partial charge is 0.273 e. The second-order valence-corrected chi connectivity index (χ2v) is 4.03. The van der Waals surface area contributed by atoms with Crippen molar-refractivity contribution in [1.82, 2.24) is 15.8 Å². The Hall–Kier alpha value is -1.91. The van der Waals surface area contributed by atoms with E-state index in [-0.39, 0.29) is 5.91 Å². The Morgan fingerprint density at radius 1 is 1.25 bits per heavy atom. The number of aromatic nitrogens is 1. The Morgan fingerprint density at radius 3 is 3.06 bits per heavy atom. The van der Waals surface area contributed by atoms with Crippen LogP contribution in [0, 0.1) is 0 Å². The number of nitrogens with one attached hydrogen (secondary N) is 2. The SMILES string of the molecule is O=C1NNC=Nc2nc3c(cc21)CCCC3. The van der Waals surface area contributed by atoms with Gasteiger partial charge in [-0.15, -0.1) is 0 Å². The van der Waals surface area contributed by atoms with Crippen LogP contribution in [0.1, 0.15) is 34.5 Å². The summed E-state index contributed by atoms with van der Waals surface area (Å²) in [6.07, 6.45) is 5.81. The minimum absolute atomic E-state index is 0.173. The molecule has 5 nitrogen and oxygen atoms in total. The van der Waals surface area contributed by atoms with Crippen molar-refractivity contribution in [3.8, 4) is 0 Å². The van der Waals surface area contributed by atoms with Crippen molar-refractivity contribution >= 4 is 18.1 Å². The first-order valence-corrected chi connectivity index (χ1v) is 5.46. The van der Waals surface area contributed by atoms with Crippen LogP contribution in [-0.2, 0) is 12.8 Å². The van der Waals surface area contributed by atoms with Crippen LogP contribution >= 0.6 is 0 Å². The number of carbonyl (C=O) groups excluding carboxylic acids is 1. The average Bonchev–Trinajstić information content (AvgIpc) is 2.49. The van der Waals surface area contributed by atoms with Gasteiger partial charge in [-0.25, -0.2) is 9.98 Å². The van der Waals surface area contributed by atoms with E-state index in [4.69, 9.17) is 0 Å². The monoisotopic (exact) mass is 216 g/mol. The fourth-order valence-corrected chi connectivity index (χ4v) is 2.15. The van der Waals surface area contributed by atoms with Gasteiger partial charge in [-0.05, 0) is 37.3 Å². The number of carbonyl (C=O) groups is 1. The van der Waals surface area contributed by atoms with E-state index in [9.17, 15) is 4.79 Å². The summed E-state index contributed by atoms with van der Waals surface area (Å²) in [5.74, 6) is 0.344. The summed E-state index contributed by atoms with van der Waals surface area (Å²) >= 11 is 0. The molecule has 16 heavy (non-hydrogen) atoms. The minimum atomic E-state index is -0.173. The Labute approximate surface area is 93.0 Å². The number of fused-ring (bicyclic) bond motifs is 2. The van der Waals surface area contributed by atoms with Crippen molar-refractivity contribution in [2.75, 3.05) is 0 Å². The summed E-state index contributed by atoms with van der Waals surface area (Å²) in [7, 11) is 0. The number of aliphatic imine (C=N–C) groups is 1. The van der Waals surface area contributed by atoms with Gasteiger partial charge in [-0.2, -0.15) is 0 Å². The van der Waals surface area contributed by atoms with Crippen molar-refractivity contribution in [3.63, 3.8) is 0 Å².